The Morgan fingerprint density at radius 1 is 1.39 bits per heavy atom. The highest BCUT2D eigenvalue weighted by Gasteiger charge is 2.27. The molecule has 1 aromatic carbocycles. The first-order valence-electron chi connectivity index (χ1n) is 4.85. The van der Waals surface area contributed by atoms with Crippen molar-refractivity contribution in [1.82, 2.24) is 0 Å². The van der Waals surface area contributed by atoms with Gasteiger partial charge in [0.1, 0.15) is 6.10 Å². The Labute approximate surface area is 101 Å². The Hall–Kier alpha value is -2.03. The van der Waals surface area contributed by atoms with Crippen LogP contribution in [0.25, 0.3) is 0 Å². The van der Waals surface area contributed by atoms with Gasteiger partial charge in [-0.3, -0.25) is 10.1 Å². The van der Waals surface area contributed by atoms with Gasteiger partial charge in [0.15, 0.2) is 6.10 Å². The zero-order valence-electron chi connectivity index (χ0n) is 9.05. The third kappa shape index (κ3) is 2.80. The fraction of sp³-hybridized carbons (Fsp3) is 0.300. The molecule has 0 aromatic heterocycles. The first-order valence-corrected chi connectivity index (χ1v) is 4.85. The normalized spacial score (nSPS) is 13.9. The maximum atomic E-state index is 10.7. The van der Waals surface area contributed by atoms with E-state index in [0.29, 0.717) is 0 Å². The van der Waals surface area contributed by atoms with Gasteiger partial charge in [0.05, 0.1) is 17.1 Å². The van der Waals surface area contributed by atoms with Gasteiger partial charge < -0.3 is 20.4 Å². The average Bonchev–Trinajstić information content (AvgIpc) is 2.35. The molecule has 8 heteroatoms. The lowest BCUT2D eigenvalue weighted by molar-refractivity contribution is -0.386. The second-order valence-corrected chi connectivity index (χ2v) is 3.53. The van der Waals surface area contributed by atoms with E-state index in [4.69, 9.17) is 15.3 Å². The Bertz CT molecular complexity index is 473. The Kier molecular flexibility index (Phi) is 4.32. The number of carbonyl (C=O) groups is 1. The lowest BCUT2D eigenvalue weighted by atomic mass is 10.0. The van der Waals surface area contributed by atoms with Crippen molar-refractivity contribution in [3.63, 3.8) is 0 Å². The quantitative estimate of drug-likeness (QED) is 0.414. The summed E-state index contributed by atoms with van der Waals surface area (Å²) in [5, 5.41) is 46.7. The predicted molar refractivity (Wildman–Crippen MR) is 57.6 cm³/mol. The molecular formula is C10H11NO7. The van der Waals surface area contributed by atoms with Crippen LogP contribution in [0, 0.1) is 10.1 Å². The molecule has 8 nitrogen and oxygen atoms in total. The average molecular weight is 257 g/mol. The number of aliphatic hydroxyl groups excluding tert-OH is 3. The van der Waals surface area contributed by atoms with E-state index in [9.17, 15) is 20.0 Å². The fourth-order valence-electron chi connectivity index (χ4n) is 1.39. The molecule has 0 aliphatic carbocycles. The third-order valence-corrected chi connectivity index (χ3v) is 2.37. The molecule has 0 bridgehead atoms. The van der Waals surface area contributed by atoms with Crippen molar-refractivity contribution in [2.75, 3.05) is 0 Å². The highest BCUT2D eigenvalue weighted by molar-refractivity contribution is 5.73. The highest BCUT2D eigenvalue weighted by atomic mass is 16.6. The van der Waals surface area contributed by atoms with Gasteiger partial charge in [-0.25, -0.2) is 4.79 Å². The molecule has 98 valence electrons. The summed E-state index contributed by atoms with van der Waals surface area (Å²) in [4.78, 5) is 20.4. The van der Waals surface area contributed by atoms with Gasteiger partial charge in [0, 0.05) is 6.07 Å². The minimum Gasteiger partial charge on any atom is -0.479 e. The van der Waals surface area contributed by atoms with E-state index in [-0.39, 0.29) is 11.1 Å². The minimum atomic E-state index is -2.08. The van der Waals surface area contributed by atoms with Crippen LogP contribution in [-0.2, 0) is 11.4 Å². The van der Waals surface area contributed by atoms with Crippen molar-refractivity contribution >= 4 is 11.7 Å². The summed E-state index contributed by atoms with van der Waals surface area (Å²) in [6, 6.07) is 3.31. The van der Waals surface area contributed by atoms with Crippen molar-refractivity contribution in [3.8, 4) is 0 Å². The summed E-state index contributed by atoms with van der Waals surface area (Å²) in [5.41, 5.74) is -0.541. The van der Waals surface area contributed by atoms with Crippen LogP contribution in [0.1, 0.15) is 17.2 Å². The van der Waals surface area contributed by atoms with Crippen molar-refractivity contribution in [2.24, 2.45) is 0 Å². The van der Waals surface area contributed by atoms with Gasteiger partial charge >= 0.3 is 5.97 Å². The van der Waals surface area contributed by atoms with E-state index in [1.807, 2.05) is 0 Å². The molecule has 18 heavy (non-hydrogen) atoms. The lowest BCUT2D eigenvalue weighted by Crippen LogP contribution is -2.27. The molecule has 0 spiro atoms. The molecule has 0 saturated carbocycles. The fourth-order valence-corrected chi connectivity index (χ4v) is 1.39. The summed E-state index contributed by atoms with van der Waals surface area (Å²) in [6.07, 6.45) is -3.86. The maximum absolute atomic E-state index is 10.7. The molecule has 1 aromatic rings. The number of hydrogen-bond acceptors (Lipinski definition) is 6. The van der Waals surface area contributed by atoms with Crippen LogP contribution in [0.4, 0.5) is 5.69 Å². The topological polar surface area (TPSA) is 141 Å². The van der Waals surface area contributed by atoms with E-state index in [1.54, 1.807) is 0 Å². The molecule has 4 N–H and O–H groups in total. The van der Waals surface area contributed by atoms with Crippen LogP contribution in [0.3, 0.4) is 0 Å². The van der Waals surface area contributed by atoms with E-state index in [1.165, 1.54) is 12.1 Å². The Balaban J connectivity index is 3.15. The zero-order chi connectivity index (χ0) is 13.9. The minimum absolute atomic E-state index is 0.0285. The Morgan fingerprint density at radius 2 is 2.00 bits per heavy atom. The molecule has 0 radical (unpaired) electrons. The molecule has 0 fully saturated rings. The lowest BCUT2D eigenvalue weighted by Gasteiger charge is -2.14. The van der Waals surface area contributed by atoms with Crippen LogP contribution < -0.4 is 0 Å². The number of carboxylic acid groups (broad SMARTS) is 1. The van der Waals surface area contributed by atoms with Crippen LogP contribution in [0.2, 0.25) is 0 Å². The number of nitro groups is 1. The predicted octanol–water partition coefficient (Wildman–Crippen LogP) is -0.434. The van der Waals surface area contributed by atoms with Crippen LogP contribution >= 0.6 is 0 Å². The van der Waals surface area contributed by atoms with Gasteiger partial charge in [-0.1, -0.05) is 6.07 Å². The smallest absolute Gasteiger partial charge is 0.335 e. The number of hydrogen-bond donors (Lipinski definition) is 4. The first kappa shape index (κ1) is 14.0. The van der Waals surface area contributed by atoms with Crippen molar-refractivity contribution in [2.45, 2.75) is 18.8 Å². The van der Waals surface area contributed by atoms with Crippen LogP contribution in [0.5, 0.6) is 0 Å². The summed E-state index contributed by atoms with van der Waals surface area (Å²) >= 11 is 0. The summed E-state index contributed by atoms with van der Waals surface area (Å²) in [6.45, 7) is -0.561. The number of aliphatic hydroxyl groups is 3. The van der Waals surface area contributed by atoms with E-state index >= 15 is 0 Å². The number of aliphatic carboxylic acids is 1. The summed E-state index contributed by atoms with van der Waals surface area (Å²) < 4.78 is 0. The summed E-state index contributed by atoms with van der Waals surface area (Å²) in [5.74, 6) is -1.64. The number of carboxylic acids is 1. The molecule has 0 saturated heterocycles. The standard InChI is InChI=1S/C10H11NO7/c12-4-6-2-1-5(3-7(6)11(17)18)8(13)9(14)10(15)16/h1-3,8-9,12-14H,4H2,(H,15,16). The summed E-state index contributed by atoms with van der Waals surface area (Å²) in [7, 11) is 0. The molecule has 2 unspecified atom stereocenters. The molecule has 0 aliphatic rings. The second kappa shape index (κ2) is 5.54. The largest absolute Gasteiger partial charge is 0.479 e. The second-order valence-electron chi connectivity index (χ2n) is 3.53. The number of nitro benzene ring substituents is 1. The number of nitrogens with zero attached hydrogens (tertiary/aromatic N) is 1. The Morgan fingerprint density at radius 3 is 2.44 bits per heavy atom. The number of rotatable bonds is 5. The van der Waals surface area contributed by atoms with Crippen molar-refractivity contribution < 1.29 is 30.1 Å². The molecule has 0 heterocycles. The van der Waals surface area contributed by atoms with Crippen molar-refractivity contribution in [3.05, 3.63) is 39.4 Å². The first-order chi connectivity index (χ1) is 8.38. The van der Waals surface area contributed by atoms with Crippen LogP contribution in [0.15, 0.2) is 18.2 Å². The maximum Gasteiger partial charge on any atom is 0.335 e. The molecule has 2 atom stereocenters. The van der Waals surface area contributed by atoms with Crippen LogP contribution in [-0.4, -0.2) is 37.4 Å². The van der Waals surface area contributed by atoms with E-state index in [2.05, 4.69) is 0 Å². The van der Waals surface area contributed by atoms with Gasteiger partial charge in [0.2, 0.25) is 0 Å². The van der Waals surface area contributed by atoms with E-state index < -0.39 is 35.4 Å². The van der Waals surface area contributed by atoms with Crippen molar-refractivity contribution in [1.29, 1.82) is 0 Å². The highest BCUT2D eigenvalue weighted by Crippen LogP contribution is 2.25. The third-order valence-electron chi connectivity index (χ3n) is 2.37. The molecule has 1 rings (SSSR count). The van der Waals surface area contributed by atoms with Gasteiger partial charge in [-0.2, -0.15) is 0 Å². The van der Waals surface area contributed by atoms with Gasteiger partial charge in [-0.05, 0) is 11.6 Å². The SMILES string of the molecule is O=C(O)C(O)C(O)c1ccc(CO)c([N+](=O)[O-])c1. The number of benzene rings is 1. The monoisotopic (exact) mass is 257 g/mol. The van der Waals surface area contributed by atoms with Gasteiger partial charge in [-0.15, -0.1) is 0 Å². The molecular weight excluding hydrogens is 246 g/mol. The molecule has 0 aliphatic heterocycles. The molecule has 0 amide bonds. The van der Waals surface area contributed by atoms with Gasteiger partial charge in [0.25, 0.3) is 5.69 Å². The zero-order valence-corrected chi connectivity index (χ0v) is 9.05. The van der Waals surface area contributed by atoms with E-state index in [0.717, 1.165) is 6.07 Å².